The number of hydrogen-bond donors (Lipinski definition) is 0. The molecule has 1 aliphatic heterocycles. The van der Waals surface area contributed by atoms with Gasteiger partial charge in [0, 0.05) is 32.6 Å². The van der Waals surface area contributed by atoms with Crippen molar-refractivity contribution >= 4 is 15.9 Å². The van der Waals surface area contributed by atoms with Gasteiger partial charge in [-0.1, -0.05) is 12.2 Å². The fourth-order valence-corrected chi connectivity index (χ4v) is 3.31. The molecule has 1 aliphatic carbocycles. The zero-order valence-electron chi connectivity index (χ0n) is 10.7. The van der Waals surface area contributed by atoms with Gasteiger partial charge in [0.05, 0.1) is 6.26 Å². The second-order valence-corrected chi connectivity index (χ2v) is 6.99. The number of sulfonamides is 1. The second-order valence-electron chi connectivity index (χ2n) is 5.01. The zero-order valence-corrected chi connectivity index (χ0v) is 11.5. The molecule has 2 aliphatic rings. The van der Waals surface area contributed by atoms with Crippen LogP contribution in [0.5, 0.6) is 0 Å². The fraction of sp³-hybridized carbons (Fsp3) is 0.750. The Balaban J connectivity index is 1.82. The molecule has 2 rings (SSSR count). The predicted molar refractivity (Wildman–Crippen MR) is 69.5 cm³/mol. The highest BCUT2D eigenvalue weighted by Crippen LogP contribution is 2.21. The highest BCUT2D eigenvalue weighted by molar-refractivity contribution is 7.88. The molecule has 1 atom stereocenters. The number of amides is 1. The Bertz CT molecular complexity index is 436. The third-order valence-electron chi connectivity index (χ3n) is 3.61. The Morgan fingerprint density at radius 2 is 1.94 bits per heavy atom. The lowest BCUT2D eigenvalue weighted by molar-refractivity contribution is -0.133. The van der Waals surface area contributed by atoms with Gasteiger partial charge in [-0.15, -0.1) is 0 Å². The molecule has 0 aromatic heterocycles. The number of allylic oxidation sites excluding steroid dienone is 2. The molecule has 5 nitrogen and oxygen atoms in total. The van der Waals surface area contributed by atoms with Crippen molar-refractivity contribution in [1.82, 2.24) is 9.21 Å². The van der Waals surface area contributed by atoms with Crippen molar-refractivity contribution in [2.75, 3.05) is 32.4 Å². The minimum absolute atomic E-state index is 0.153. The van der Waals surface area contributed by atoms with E-state index in [4.69, 9.17) is 0 Å². The van der Waals surface area contributed by atoms with E-state index >= 15 is 0 Å². The van der Waals surface area contributed by atoms with E-state index in [0.29, 0.717) is 38.5 Å². The van der Waals surface area contributed by atoms with Crippen LogP contribution in [0.4, 0.5) is 0 Å². The quantitative estimate of drug-likeness (QED) is 0.701. The summed E-state index contributed by atoms with van der Waals surface area (Å²) in [4.78, 5) is 13.8. The molecule has 0 spiro atoms. The van der Waals surface area contributed by atoms with Crippen molar-refractivity contribution in [3.8, 4) is 0 Å². The molecule has 0 N–H and O–H groups in total. The monoisotopic (exact) mass is 272 g/mol. The molecule has 0 bridgehead atoms. The summed E-state index contributed by atoms with van der Waals surface area (Å²) in [6.45, 7) is 1.88. The lowest BCUT2D eigenvalue weighted by Gasteiger charge is -2.33. The number of carbonyl (C=O) groups is 1. The molecule has 1 fully saturated rings. The van der Waals surface area contributed by atoms with Gasteiger partial charge in [0.15, 0.2) is 0 Å². The Labute approximate surface area is 108 Å². The zero-order chi connectivity index (χ0) is 13.2. The van der Waals surface area contributed by atoms with Gasteiger partial charge in [-0.2, -0.15) is 4.31 Å². The van der Waals surface area contributed by atoms with Crippen LogP contribution in [0, 0.1) is 5.92 Å². The standard InChI is InChI=1S/C12H20N2O3S/c1-18(16,17)14-8-6-13(7-9-14)12(15)10-11-4-2-3-5-11/h2,4,11H,3,5-10H2,1H3. The molecule has 1 saturated heterocycles. The summed E-state index contributed by atoms with van der Waals surface area (Å²) in [7, 11) is -3.11. The van der Waals surface area contributed by atoms with E-state index in [1.807, 2.05) is 0 Å². The van der Waals surface area contributed by atoms with E-state index in [1.54, 1.807) is 4.90 Å². The maximum Gasteiger partial charge on any atom is 0.223 e. The van der Waals surface area contributed by atoms with E-state index in [1.165, 1.54) is 10.6 Å². The fourth-order valence-electron chi connectivity index (χ4n) is 2.49. The van der Waals surface area contributed by atoms with E-state index in [-0.39, 0.29) is 5.91 Å². The van der Waals surface area contributed by atoms with Crippen molar-refractivity contribution in [1.29, 1.82) is 0 Å². The summed E-state index contributed by atoms with van der Waals surface area (Å²) in [5.41, 5.74) is 0. The van der Waals surface area contributed by atoms with Crippen LogP contribution in [0.3, 0.4) is 0 Å². The van der Waals surface area contributed by atoms with Crippen molar-refractivity contribution in [3.63, 3.8) is 0 Å². The van der Waals surface area contributed by atoms with Crippen molar-refractivity contribution in [3.05, 3.63) is 12.2 Å². The third kappa shape index (κ3) is 3.32. The van der Waals surface area contributed by atoms with E-state index in [9.17, 15) is 13.2 Å². The van der Waals surface area contributed by atoms with Gasteiger partial charge in [0.2, 0.25) is 15.9 Å². The van der Waals surface area contributed by atoms with Gasteiger partial charge in [-0.3, -0.25) is 4.79 Å². The van der Waals surface area contributed by atoms with Gasteiger partial charge in [0.25, 0.3) is 0 Å². The first-order valence-corrected chi connectivity index (χ1v) is 8.21. The van der Waals surface area contributed by atoms with Crippen LogP contribution in [-0.4, -0.2) is 56.0 Å². The molecule has 0 aromatic carbocycles. The first-order chi connectivity index (χ1) is 8.47. The molecular weight excluding hydrogens is 252 g/mol. The summed E-state index contributed by atoms with van der Waals surface area (Å²) < 4.78 is 24.1. The SMILES string of the molecule is CS(=O)(=O)N1CCN(C(=O)CC2C=CCC2)CC1. The molecule has 1 heterocycles. The van der Waals surface area contributed by atoms with Crippen molar-refractivity contribution in [2.24, 2.45) is 5.92 Å². The maximum absolute atomic E-state index is 12.0. The summed E-state index contributed by atoms with van der Waals surface area (Å²) >= 11 is 0. The summed E-state index contributed by atoms with van der Waals surface area (Å²) in [6, 6.07) is 0. The van der Waals surface area contributed by atoms with Crippen LogP contribution in [0.25, 0.3) is 0 Å². The third-order valence-corrected chi connectivity index (χ3v) is 4.91. The van der Waals surface area contributed by atoms with Crippen LogP contribution in [0.2, 0.25) is 0 Å². The van der Waals surface area contributed by atoms with Crippen LogP contribution in [0.15, 0.2) is 12.2 Å². The lowest BCUT2D eigenvalue weighted by Crippen LogP contribution is -2.50. The van der Waals surface area contributed by atoms with E-state index in [0.717, 1.165) is 12.8 Å². The van der Waals surface area contributed by atoms with E-state index in [2.05, 4.69) is 12.2 Å². The molecule has 18 heavy (non-hydrogen) atoms. The smallest absolute Gasteiger partial charge is 0.223 e. The largest absolute Gasteiger partial charge is 0.340 e. The minimum Gasteiger partial charge on any atom is -0.340 e. The van der Waals surface area contributed by atoms with Gasteiger partial charge in [-0.25, -0.2) is 8.42 Å². The average molecular weight is 272 g/mol. The molecular formula is C12H20N2O3S. The number of carbonyl (C=O) groups excluding carboxylic acids is 1. The molecule has 6 heteroatoms. The molecule has 1 amide bonds. The highest BCUT2D eigenvalue weighted by atomic mass is 32.2. The van der Waals surface area contributed by atoms with Crippen LogP contribution in [-0.2, 0) is 14.8 Å². The summed E-state index contributed by atoms with van der Waals surface area (Å²) in [5.74, 6) is 0.533. The second kappa shape index (κ2) is 5.40. The Morgan fingerprint density at radius 1 is 1.28 bits per heavy atom. The van der Waals surface area contributed by atoms with Crippen molar-refractivity contribution < 1.29 is 13.2 Å². The molecule has 102 valence electrons. The minimum atomic E-state index is -3.11. The van der Waals surface area contributed by atoms with Crippen molar-refractivity contribution in [2.45, 2.75) is 19.3 Å². The summed E-state index contributed by atoms with van der Waals surface area (Å²) in [6.07, 6.45) is 8.15. The Morgan fingerprint density at radius 3 is 2.44 bits per heavy atom. The van der Waals surface area contributed by atoms with Gasteiger partial charge < -0.3 is 4.90 Å². The highest BCUT2D eigenvalue weighted by Gasteiger charge is 2.27. The maximum atomic E-state index is 12.0. The van der Waals surface area contributed by atoms with E-state index < -0.39 is 10.0 Å². The Kier molecular flexibility index (Phi) is 4.07. The topological polar surface area (TPSA) is 57.7 Å². The number of rotatable bonds is 3. The normalized spacial score (nSPS) is 25.6. The average Bonchev–Trinajstić information content (AvgIpc) is 2.81. The van der Waals surface area contributed by atoms with Gasteiger partial charge in [0.1, 0.15) is 0 Å². The van der Waals surface area contributed by atoms with Crippen LogP contribution < -0.4 is 0 Å². The predicted octanol–water partition coefficient (Wildman–Crippen LogP) is 0.446. The first kappa shape index (κ1) is 13.5. The number of hydrogen-bond acceptors (Lipinski definition) is 3. The number of nitrogens with zero attached hydrogens (tertiary/aromatic N) is 2. The number of piperazine rings is 1. The van der Waals surface area contributed by atoms with Gasteiger partial charge in [-0.05, 0) is 18.8 Å². The summed E-state index contributed by atoms with van der Waals surface area (Å²) in [5, 5.41) is 0. The first-order valence-electron chi connectivity index (χ1n) is 6.36. The van der Waals surface area contributed by atoms with Gasteiger partial charge >= 0.3 is 0 Å². The van der Waals surface area contributed by atoms with Crippen LogP contribution >= 0.6 is 0 Å². The molecule has 0 saturated carbocycles. The molecule has 0 aromatic rings. The molecule has 1 unspecified atom stereocenters. The van der Waals surface area contributed by atoms with Crippen LogP contribution in [0.1, 0.15) is 19.3 Å². The lowest BCUT2D eigenvalue weighted by atomic mass is 10.0. The Hall–Kier alpha value is -0.880. The molecule has 0 radical (unpaired) electrons.